The second-order valence-electron chi connectivity index (χ2n) is 2.77. The molecule has 0 amide bonds. The van der Waals surface area contributed by atoms with Crippen LogP contribution in [0.2, 0.25) is 0 Å². The Morgan fingerprint density at radius 2 is 2.18 bits per heavy atom. The maximum Gasteiger partial charge on any atom is 0.0570 e. The van der Waals surface area contributed by atoms with Crippen molar-refractivity contribution in [1.82, 2.24) is 10.3 Å². The van der Waals surface area contributed by atoms with Crippen LogP contribution in [-0.4, -0.2) is 12.0 Å². The molecule has 1 N–H and O–H groups in total. The molecular weight excluding hydrogens is 136 g/mol. The summed E-state index contributed by atoms with van der Waals surface area (Å²) in [6.07, 6.45) is 1.89. The fourth-order valence-corrected chi connectivity index (χ4v) is 0.883. The van der Waals surface area contributed by atoms with Gasteiger partial charge in [-0.1, -0.05) is 6.07 Å². The Balaban J connectivity index is 2.81. The van der Waals surface area contributed by atoms with E-state index < -0.39 is 0 Å². The van der Waals surface area contributed by atoms with E-state index in [1.54, 1.807) is 0 Å². The first-order valence-corrected chi connectivity index (χ1v) is 3.84. The summed E-state index contributed by atoms with van der Waals surface area (Å²) in [4.78, 5) is 4.29. The van der Waals surface area contributed by atoms with E-state index in [2.05, 4.69) is 29.4 Å². The van der Waals surface area contributed by atoms with E-state index in [0.29, 0.717) is 6.04 Å². The number of hydrogen-bond donors (Lipinski definition) is 1. The zero-order valence-electron chi connectivity index (χ0n) is 7.26. The van der Waals surface area contributed by atoms with Crippen LogP contribution in [0.3, 0.4) is 0 Å². The number of rotatable bonds is 2. The van der Waals surface area contributed by atoms with Gasteiger partial charge in [0.1, 0.15) is 0 Å². The van der Waals surface area contributed by atoms with Gasteiger partial charge in [0, 0.05) is 12.2 Å². The molecule has 1 rings (SSSR count). The molecule has 0 aliphatic rings. The van der Waals surface area contributed by atoms with Crippen molar-refractivity contribution in [3.05, 3.63) is 29.6 Å². The molecule has 0 aromatic carbocycles. The molecule has 0 radical (unpaired) electrons. The van der Waals surface area contributed by atoms with Gasteiger partial charge in [-0.25, -0.2) is 0 Å². The maximum absolute atomic E-state index is 4.29. The van der Waals surface area contributed by atoms with Crippen LogP contribution in [0.25, 0.3) is 0 Å². The third-order valence-electron chi connectivity index (χ3n) is 1.81. The van der Waals surface area contributed by atoms with Crippen LogP contribution in [0.4, 0.5) is 0 Å². The molecule has 1 aromatic heterocycles. The third-order valence-corrected chi connectivity index (χ3v) is 1.81. The predicted octanol–water partition coefficient (Wildman–Crippen LogP) is 1.67. The summed E-state index contributed by atoms with van der Waals surface area (Å²) in [5.74, 6) is 0. The Morgan fingerprint density at radius 3 is 2.64 bits per heavy atom. The lowest BCUT2D eigenvalue weighted by atomic mass is 10.2. The summed E-state index contributed by atoms with van der Waals surface area (Å²) in [5, 5.41) is 3.14. The van der Waals surface area contributed by atoms with Crippen LogP contribution in [0.5, 0.6) is 0 Å². The molecule has 0 aliphatic carbocycles. The van der Waals surface area contributed by atoms with E-state index in [0.717, 1.165) is 5.69 Å². The Hall–Kier alpha value is -0.890. The minimum absolute atomic E-state index is 0.343. The van der Waals surface area contributed by atoms with Gasteiger partial charge in [0.05, 0.1) is 5.69 Å². The highest BCUT2D eigenvalue weighted by Crippen LogP contribution is 2.07. The highest BCUT2D eigenvalue weighted by Gasteiger charge is 2.01. The van der Waals surface area contributed by atoms with Crippen molar-refractivity contribution in [1.29, 1.82) is 0 Å². The van der Waals surface area contributed by atoms with Crippen LogP contribution < -0.4 is 5.32 Å². The maximum atomic E-state index is 4.29. The summed E-state index contributed by atoms with van der Waals surface area (Å²) >= 11 is 0. The van der Waals surface area contributed by atoms with E-state index in [9.17, 15) is 0 Å². The lowest BCUT2D eigenvalue weighted by Crippen LogP contribution is -2.13. The molecule has 2 nitrogen and oxygen atoms in total. The van der Waals surface area contributed by atoms with Gasteiger partial charge in [0.2, 0.25) is 0 Å². The average Bonchev–Trinajstić information content (AvgIpc) is 2.05. The predicted molar refractivity (Wildman–Crippen MR) is 46.4 cm³/mol. The van der Waals surface area contributed by atoms with Gasteiger partial charge in [-0.2, -0.15) is 0 Å². The SMILES string of the molecule is CN[C@H](C)c1ccc(C)cn1. The lowest BCUT2D eigenvalue weighted by Gasteiger charge is -2.08. The second-order valence-corrected chi connectivity index (χ2v) is 2.77. The number of pyridine rings is 1. The van der Waals surface area contributed by atoms with Crippen LogP contribution in [0.15, 0.2) is 18.3 Å². The summed E-state index contributed by atoms with van der Waals surface area (Å²) in [6, 6.07) is 4.47. The normalized spacial score (nSPS) is 13.0. The van der Waals surface area contributed by atoms with Gasteiger partial charge in [-0.05, 0) is 32.5 Å². The Labute approximate surface area is 67.7 Å². The van der Waals surface area contributed by atoms with Gasteiger partial charge in [0.25, 0.3) is 0 Å². The number of nitrogens with one attached hydrogen (secondary N) is 1. The van der Waals surface area contributed by atoms with Gasteiger partial charge in [0.15, 0.2) is 0 Å². The smallest absolute Gasteiger partial charge is 0.0570 e. The van der Waals surface area contributed by atoms with Crippen molar-refractivity contribution in [2.45, 2.75) is 19.9 Å². The van der Waals surface area contributed by atoms with E-state index in [1.807, 2.05) is 20.2 Å². The van der Waals surface area contributed by atoms with Crippen molar-refractivity contribution in [3.63, 3.8) is 0 Å². The molecule has 60 valence electrons. The molecule has 0 fully saturated rings. The molecule has 1 atom stereocenters. The summed E-state index contributed by atoms with van der Waals surface area (Å²) in [5.41, 5.74) is 2.30. The molecule has 1 aromatic rings. The highest BCUT2D eigenvalue weighted by atomic mass is 14.9. The lowest BCUT2D eigenvalue weighted by molar-refractivity contribution is 0.632. The Morgan fingerprint density at radius 1 is 1.45 bits per heavy atom. The highest BCUT2D eigenvalue weighted by molar-refractivity contribution is 5.14. The molecular formula is C9H14N2. The van der Waals surface area contributed by atoms with Crippen molar-refractivity contribution in [2.75, 3.05) is 7.05 Å². The number of aromatic nitrogens is 1. The van der Waals surface area contributed by atoms with Gasteiger partial charge in [-0.3, -0.25) is 4.98 Å². The fourth-order valence-electron chi connectivity index (χ4n) is 0.883. The van der Waals surface area contributed by atoms with Gasteiger partial charge >= 0.3 is 0 Å². The topological polar surface area (TPSA) is 24.9 Å². The van der Waals surface area contributed by atoms with Crippen LogP contribution in [0.1, 0.15) is 24.2 Å². The molecule has 11 heavy (non-hydrogen) atoms. The van der Waals surface area contributed by atoms with Crippen molar-refractivity contribution >= 4 is 0 Å². The first kappa shape index (κ1) is 8.21. The first-order chi connectivity index (χ1) is 5.24. The largest absolute Gasteiger partial charge is 0.312 e. The number of aryl methyl sites for hydroxylation is 1. The molecule has 1 heterocycles. The van der Waals surface area contributed by atoms with Crippen molar-refractivity contribution in [3.8, 4) is 0 Å². The molecule has 0 unspecified atom stereocenters. The van der Waals surface area contributed by atoms with E-state index in [4.69, 9.17) is 0 Å². The number of nitrogens with zero attached hydrogens (tertiary/aromatic N) is 1. The van der Waals surface area contributed by atoms with Crippen LogP contribution in [0, 0.1) is 6.92 Å². The summed E-state index contributed by atoms with van der Waals surface area (Å²) in [6.45, 7) is 4.14. The Kier molecular flexibility index (Phi) is 2.60. The summed E-state index contributed by atoms with van der Waals surface area (Å²) in [7, 11) is 1.94. The second kappa shape index (κ2) is 3.49. The quantitative estimate of drug-likeness (QED) is 0.693. The zero-order chi connectivity index (χ0) is 8.27. The van der Waals surface area contributed by atoms with Gasteiger partial charge < -0.3 is 5.32 Å². The molecule has 0 spiro atoms. The van der Waals surface area contributed by atoms with E-state index in [-0.39, 0.29) is 0 Å². The molecule has 2 heteroatoms. The van der Waals surface area contributed by atoms with Crippen LogP contribution in [-0.2, 0) is 0 Å². The minimum atomic E-state index is 0.343. The number of hydrogen-bond acceptors (Lipinski definition) is 2. The molecule has 0 aliphatic heterocycles. The minimum Gasteiger partial charge on any atom is -0.312 e. The monoisotopic (exact) mass is 150 g/mol. The van der Waals surface area contributed by atoms with Crippen molar-refractivity contribution < 1.29 is 0 Å². The third kappa shape index (κ3) is 2.02. The van der Waals surface area contributed by atoms with E-state index in [1.165, 1.54) is 5.56 Å². The summed E-state index contributed by atoms with van der Waals surface area (Å²) < 4.78 is 0. The zero-order valence-corrected chi connectivity index (χ0v) is 7.26. The molecule has 0 bridgehead atoms. The van der Waals surface area contributed by atoms with Gasteiger partial charge in [-0.15, -0.1) is 0 Å². The average molecular weight is 150 g/mol. The van der Waals surface area contributed by atoms with Crippen LogP contribution >= 0.6 is 0 Å². The Bertz CT molecular complexity index is 216. The first-order valence-electron chi connectivity index (χ1n) is 3.84. The van der Waals surface area contributed by atoms with E-state index >= 15 is 0 Å². The molecule has 0 saturated heterocycles. The van der Waals surface area contributed by atoms with Crippen molar-refractivity contribution in [2.24, 2.45) is 0 Å². The molecule has 0 saturated carbocycles. The fraction of sp³-hybridized carbons (Fsp3) is 0.444. The standard InChI is InChI=1S/C9H14N2/c1-7-4-5-9(11-6-7)8(2)10-3/h4-6,8,10H,1-3H3/t8-/m1/s1.